The standard InChI is InChI=1S/C11H20N4O2S/c1-15(8-11-13-6-7-14-11)18(16,17)9-10-4-2-3-5-12-10/h6-7,10,12H,2-5,8-9H2,1H3,(H,13,14). The van der Waals surface area contributed by atoms with Crippen LogP contribution in [0.25, 0.3) is 0 Å². The minimum atomic E-state index is -3.23. The first-order valence-corrected chi connectivity index (χ1v) is 7.84. The zero-order valence-corrected chi connectivity index (χ0v) is 11.4. The molecule has 1 aliphatic rings. The molecule has 0 saturated carbocycles. The SMILES string of the molecule is CN(Cc1ncc[nH]1)S(=O)(=O)CC1CCCCN1. The van der Waals surface area contributed by atoms with Crippen molar-refractivity contribution in [1.82, 2.24) is 19.6 Å². The highest BCUT2D eigenvalue weighted by molar-refractivity contribution is 7.89. The molecule has 1 saturated heterocycles. The summed E-state index contributed by atoms with van der Waals surface area (Å²) >= 11 is 0. The third-order valence-corrected chi connectivity index (χ3v) is 5.13. The van der Waals surface area contributed by atoms with Gasteiger partial charge >= 0.3 is 0 Å². The maximum absolute atomic E-state index is 12.2. The van der Waals surface area contributed by atoms with Crippen molar-refractivity contribution in [2.24, 2.45) is 0 Å². The molecular formula is C11H20N4O2S. The normalized spacial score (nSPS) is 21.3. The second-order valence-corrected chi connectivity index (χ2v) is 6.84. The lowest BCUT2D eigenvalue weighted by Gasteiger charge is -2.25. The van der Waals surface area contributed by atoms with Crippen molar-refractivity contribution in [1.29, 1.82) is 0 Å². The van der Waals surface area contributed by atoms with Gasteiger partial charge in [-0.3, -0.25) is 0 Å². The number of hydrogen-bond acceptors (Lipinski definition) is 4. The highest BCUT2D eigenvalue weighted by Crippen LogP contribution is 2.12. The maximum atomic E-state index is 12.2. The number of nitrogens with one attached hydrogen (secondary N) is 2. The van der Waals surface area contributed by atoms with Crippen LogP contribution in [0.1, 0.15) is 25.1 Å². The predicted molar refractivity (Wildman–Crippen MR) is 69.5 cm³/mol. The Morgan fingerprint density at radius 2 is 2.33 bits per heavy atom. The van der Waals surface area contributed by atoms with E-state index in [0.29, 0.717) is 12.4 Å². The van der Waals surface area contributed by atoms with Gasteiger partial charge in [-0.2, -0.15) is 4.31 Å². The van der Waals surface area contributed by atoms with Crippen LogP contribution >= 0.6 is 0 Å². The molecule has 2 N–H and O–H groups in total. The second-order valence-electron chi connectivity index (χ2n) is 4.72. The molecule has 0 aliphatic carbocycles. The Kier molecular flexibility index (Phi) is 4.36. The molecule has 102 valence electrons. The summed E-state index contributed by atoms with van der Waals surface area (Å²) < 4.78 is 25.7. The molecule has 0 amide bonds. The fraction of sp³-hybridized carbons (Fsp3) is 0.727. The number of nitrogens with zero attached hydrogens (tertiary/aromatic N) is 2. The Hall–Kier alpha value is -0.920. The lowest BCUT2D eigenvalue weighted by Crippen LogP contribution is -2.43. The van der Waals surface area contributed by atoms with Gasteiger partial charge in [0, 0.05) is 25.5 Å². The molecule has 1 aliphatic heterocycles. The molecular weight excluding hydrogens is 252 g/mol. The van der Waals surface area contributed by atoms with Crippen molar-refractivity contribution in [2.75, 3.05) is 19.3 Å². The van der Waals surface area contributed by atoms with E-state index in [1.807, 2.05) is 0 Å². The first-order chi connectivity index (χ1) is 8.58. The fourth-order valence-electron chi connectivity index (χ4n) is 2.14. The van der Waals surface area contributed by atoms with Gasteiger partial charge in [0.1, 0.15) is 5.82 Å². The van der Waals surface area contributed by atoms with Crippen LogP contribution in [0.15, 0.2) is 12.4 Å². The molecule has 0 aromatic carbocycles. The molecule has 0 bridgehead atoms. The van der Waals surface area contributed by atoms with Crippen molar-refractivity contribution < 1.29 is 8.42 Å². The van der Waals surface area contributed by atoms with Gasteiger partial charge < -0.3 is 10.3 Å². The number of aromatic nitrogens is 2. The highest BCUT2D eigenvalue weighted by atomic mass is 32.2. The van der Waals surface area contributed by atoms with Crippen molar-refractivity contribution in [3.8, 4) is 0 Å². The average molecular weight is 272 g/mol. The lowest BCUT2D eigenvalue weighted by atomic mass is 10.1. The van der Waals surface area contributed by atoms with Gasteiger partial charge in [0.2, 0.25) is 10.0 Å². The van der Waals surface area contributed by atoms with E-state index in [0.717, 1.165) is 25.8 Å². The van der Waals surface area contributed by atoms with E-state index in [2.05, 4.69) is 15.3 Å². The topological polar surface area (TPSA) is 78.1 Å². The molecule has 1 fully saturated rings. The van der Waals surface area contributed by atoms with Gasteiger partial charge in [0.15, 0.2) is 0 Å². The number of aromatic amines is 1. The Morgan fingerprint density at radius 1 is 1.50 bits per heavy atom. The Morgan fingerprint density at radius 3 is 2.94 bits per heavy atom. The van der Waals surface area contributed by atoms with Gasteiger partial charge in [-0.25, -0.2) is 13.4 Å². The zero-order chi connectivity index (χ0) is 13.0. The summed E-state index contributed by atoms with van der Waals surface area (Å²) in [5.41, 5.74) is 0. The van der Waals surface area contributed by atoms with Crippen LogP contribution < -0.4 is 5.32 Å². The number of sulfonamides is 1. The largest absolute Gasteiger partial charge is 0.347 e. The minimum absolute atomic E-state index is 0.0859. The first kappa shape index (κ1) is 13.5. The minimum Gasteiger partial charge on any atom is -0.347 e. The molecule has 1 unspecified atom stereocenters. The number of hydrogen-bond donors (Lipinski definition) is 2. The van der Waals surface area contributed by atoms with Crippen LogP contribution in [0.2, 0.25) is 0 Å². The summed E-state index contributed by atoms with van der Waals surface area (Å²) in [7, 11) is -1.63. The predicted octanol–water partition coefficient (Wildman–Crippen LogP) is 0.313. The monoisotopic (exact) mass is 272 g/mol. The quantitative estimate of drug-likeness (QED) is 0.809. The summed E-state index contributed by atoms with van der Waals surface area (Å²) in [5, 5.41) is 3.26. The zero-order valence-electron chi connectivity index (χ0n) is 10.6. The van der Waals surface area contributed by atoms with E-state index >= 15 is 0 Å². The molecule has 2 heterocycles. The summed E-state index contributed by atoms with van der Waals surface area (Å²) in [5.74, 6) is 0.835. The van der Waals surface area contributed by atoms with Crippen LogP contribution in [-0.2, 0) is 16.6 Å². The van der Waals surface area contributed by atoms with Gasteiger partial charge in [-0.15, -0.1) is 0 Å². The fourth-order valence-corrected chi connectivity index (χ4v) is 3.51. The van der Waals surface area contributed by atoms with Crippen molar-refractivity contribution in [3.05, 3.63) is 18.2 Å². The lowest BCUT2D eigenvalue weighted by molar-refractivity contribution is 0.406. The van der Waals surface area contributed by atoms with Gasteiger partial charge in [0.25, 0.3) is 0 Å². The summed E-state index contributed by atoms with van der Waals surface area (Å²) in [4.78, 5) is 6.95. The highest BCUT2D eigenvalue weighted by Gasteiger charge is 2.25. The second kappa shape index (κ2) is 5.81. The Labute approximate surface area is 108 Å². The van der Waals surface area contributed by atoms with Gasteiger partial charge in [-0.1, -0.05) is 6.42 Å². The third kappa shape index (κ3) is 3.54. The third-order valence-electron chi connectivity index (χ3n) is 3.23. The number of H-pyrrole nitrogens is 1. The summed E-state index contributed by atoms with van der Waals surface area (Å²) in [6.07, 6.45) is 6.50. The maximum Gasteiger partial charge on any atom is 0.215 e. The molecule has 1 atom stereocenters. The number of rotatable bonds is 5. The Balaban J connectivity index is 1.92. The van der Waals surface area contributed by atoms with E-state index in [9.17, 15) is 8.42 Å². The molecule has 6 nitrogen and oxygen atoms in total. The summed E-state index contributed by atoms with van der Waals surface area (Å²) in [6, 6.07) is 0.0859. The van der Waals surface area contributed by atoms with E-state index in [4.69, 9.17) is 0 Å². The van der Waals surface area contributed by atoms with Crippen molar-refractivity contribution >= 4 is 10.0 Å². The van der Waals surface area contributed by atoms with E-state index in [-0.39, 0.29) is 11.8 Å². The van der Waals surface area contributed by atoms with Crippen LogP contribution in [0, 0.1) is 0 Å². The van der Waals surface area contributed by atoms with Gasteiger partial charge in [0.05, 0.1) is 12.3 Å². The smallest absolute Gasteiger partial charge is 0.215 e. The van der Waals surface area contributed by atoms with Crippen molar-refractivity contribution in [2.45, 2.75) is 31.8 Å². The molecule has 1 aromatic rings. The number of imidazole rings is 1. The summed E-state index contributed by atoms with van der Waals surface area (Å²) in [6.45, 7) is 1.21. The van der Waals surface area contributed by atoms with E-state index < -0.39 is 10.0 Å². The number of piperidine rings is 1. The molecule has 7 heteroatoms. The molecule has 2 rings (SSSR count). The molecule has 0 radical (unpaired) electrons. The van der Waals surface area contributed by atoms with Crippen LogP contribution in [-0.4, -0.2) is 48.1 Å². The molecule has 18 heavy (non-hydrogen) atoms. The van der Waals surface area contributed by atoms with Gasteiger partial charge in [-0.05, 0) is 19.4 Å². The molecule has 1 aromatic heterocycles. The van der Waals surface area contributed by atoms with E-state index in [1.165, 1.54) is 4.31 Å². The van der Waals surface area contributed by atoms with E-state index in [1.54, 1.807) is 19.4 Å². The van der Waals surface area contributed by atoms with Crippen LogP contribution in [0.3, 0.4) is 0 Å². The first-order valence-electron chi connectivity index (χ1n) is 6.23. The van der Waals surface area contributed by atoms with Crippen LogP contribution in [0.5, 0.6) is 0 Å². The van der Waals surface area contributed by atoms with Crippen molar-refractivity contribution in [3.63, 3.8) is 0 Å². The Bertz CT molecular complexity index is 451. The molecule has 0 spiro atoms. The van der Waals surface area contributed by atoms with Crippen LogP contribution in [0.4, 0.5) is 0 Å². The average Bonchev–Trinajstić information content (AvgIpc) is 2.82.